The first-order valence-corrected chi connectivity index (χ1v) is 14.7. The predicted molar refractivity (Wildman–Crippen MR) is 162 cm³/mol. The fraction of sp³-hybridized carbons (Fsp3) is 0.457. The molecule has 1 amide bonds. The quantitative estimate of drug-likeness (QED) is 0.381. The number of nitrogens with one attached hydrogen (secondary N) is 1. The standard InChI is InChI=1S/C35H41NO6/c1-8-40-27-14-22(10-12-26(27)41-19-30(39)36-23-11-9-20(2)21(3)13-23)31-32-24(37)15-34(4,5)17-28(32)42-29-18-35(6,7)16-25(38)33(29)31/h9-14,31H,8,15-19H2,1-7H3,(H,36,39). The summed E-state index contributed by atoms with van der Waals surface area (Å²) in [6.45, 7) is 14.4. The number of carbonyl (C=O) groups excluding carboxylic acids is 3. The Morgan fingerprint density at radius 2 is 1.45 bits per heavy atom. The van der Waals surface area contributed by atoms with E-state index in [4.69, 9.17) is 14.2 Å². The van der Waals surface area contributed by atoms with Crippen LogP contribution in [0.15, 0.2) is 59.1 Å². The van der Waals surface area contributed by atoms with Gasteiger partial charge in [0.15, 0.2) is 29.7 Å². The predicted octanol–water partition coefficient (Wildman–Crippen LogP) is 7.12. The minimum absolute atomic E-state index is 0.0109. The molecule has 7 nitrogen and oxygen atoms in total. The van der Waals surface area contributed by atoms with Crippen molar-refractivity contribution in [3.63, 3.8) is 0 Å². The van der Waals surface area contributed by atoms with Gasteiger partial charge in [0.1, 0.15) is 11.5 Å². The van der Waals surface area contributed by atoms with E-state index in [1.54, 1.807) is 6.07 Å². The molecule has 0 radical (unpaired) electrons. The second-order valence-electron chi connectivity index (χ2n) is 13.4. The largest absolute Gasteiger partial charge is 0.490 e. The SMILES string of the molecule is CCOc1cc(C2C3=C(CC(C)(C)CC3=O)OC3=C2C(=O)CC(C)(C)C3)ccc1OCC(=O)Nc1ccc(C)c(C)c1. The fourth-order valence-corrected chi connectivity index (χ4v) is 6.26. The highest BCUT2D eigenvalue weighted by molar-refractivity contribution is 6.06. The number of amides is 1. The molecule has 42 heavy (non-hydrogen) atoms. The van der Waals surface area contributed by atoms with Crippen molar-refractivity contribution >= 4 is 23.2 Å². The van der Waals surface area contributed by atoms with E-state index in [0.29, 0.717) is 72.1 Å². The number of ketones is 2. The Bertz CT molecular complexity index is 1470. The maximum absolute atomic E-state index is 13.6. The maximum Gasteiger partial charge on any atom is 0.262 e. The second kappa shape index (κ2) is 11.1. The number of ether oxygens (including phenoxy) is 3. The van der Waals surface area contributed by atoms with Gasteiger partial charge in [0.25, 0.3) is 5.91 Å². The molecule has 0 saturated carbocycles. The Labute approximate surface area is 248 Å². The average Bonchev–Trinajstić information content (AvgIpc) is 2.87. The van der Waals surface area contributed by atoms with E-state index >= 15 is 0 Å². The zero-order valence-electron chi connectivity index (χ0n) is 25.7. The Hall–Kier alpha value is -3.87. The third-order valence-corrected chi connectivity index (χ3v) is 8.33. The van der Waals surface area contributed by atoms with Crippen molar-refractivity contribution in [1.29, 1.82) is 0 Å². The van der Waals surface area contributed by atoms with Gasteiger partial charge in [-0.2, -0.15) is 0 Å². The first-order chi connectivity index (χ1) is 19.8. The molecular formula is C35H41NO6. The smallest absolute Gasteiger partial charge is 0.262 e. The summed E-state index contributed by atoms with van der Waals surface area (Å²) >= 11 is 0. The molecule has 7 heteroatoms. The lowest BCUT2D eigenvalue weighted by molar-refractivity contribution is -0.120. The molecule has 2 aromatic carbocycles. The van der Waals surface area contributed by atoms with Gasteiger partial charge in [-0.1, -0.05) is 39.8 Å². The van der Waals surface area contributed by atoms with Crippen LogP contribution >= 0.6 is 0 Å². The monoisotopic (exact) mass is 571 g/mol. The van der Waals surface area contributed by atoms with Crippen molar-refractivity contribution in [2.75, 3.05) is 18.5 Å². The summed E-state index contributed by atoms with van der Waals surface area (Å²) in [6, 6.07) is 11.2. The molecule has 222 valence electrons. The van der Waals surface area contributed by atoms with Crippen LogP contribution in [0, 0.1) is 24.7 Å². The molecule has 0 atom stereocenters. The average molecular weight is 572 g/mol. The minimum atomic E-state index is -0.530. The van der Waals surface area contributed by atoms with Crippen molar-refractivity contribution in [2.45, 2.75) is 80.1 Å². The van der Waals surface area contributed by atoms with Crippen LogP contribution in [-0.2, 0) is 19.1 Å². The number of carbonyl (C=O) groups is 3. The fourth-order valence-electron chi connectivity index (χ4n) is 6.26. The van der Waals surface area contributed by atoms with Crippen LogP contribution in [0.4, 0.5) is 5.69 Å². The number of Topliss-reactive ketones (excluding diaryl/α,β-unsaturated/α-hetero) is 2. The lowest BCUT2D eigenvalue weighted by Gasteiger charge is -2.42. The topological polar surface area (TPSA) is 90.9 Å². The third-order valence-electron chi connectivity index (χ3n) is 8.33. The number of hydrogen-bond donors (Lipinski definition) is 1. The van der Waals surface area contributed by atoms with Crippen LogP contribution in [0.25, 0.3) is 0 Å². The highest BCUT2D eigenvalue weighted by Crippen LogP contribution is 2.53. The zero-order chi connectivity index (χ0) is 30.4. The van der Waals surface area contributed by atoms with Crippen LogP contribution in [0.2, 0.25) is 0 Å². The molecule has 1 N–H and O–H groups in total. The van der Waals surface area contributed by atoms with E-state index < -0.39 is 5.92 Å². The molecule has 0 aromatic heterocycles. The van der Waals surface area contributed by atoms with Crippen molar-refractivity contribution in [2.24, 2.45) is 10.8 Å². The van der Waals surface area contributed by atoms with E-state index in [1.807, 2.05) is 51.1 Å². The Morgan fingerprint density at radius 1 is 0.833 bits per heavy atom. The molecule has 0 fully saturated rings. The molecule has 3 aliphatic rings. The first kappa shape index (κ1) is 29.6. The maximum atomic E-state index is 13.6. The van der Waals surface area contributed by atoms with Crippen LogP contribution in [0.5, 0.6) is 11.5 Å². The lowest BCUT2D eigenvalue weighted by Crippen LogP contribution is -2.37. The number of aryl methyl sites for hydroxylation is 2. The molecule has 0 spiro atoms. The van der Waals surface area contributed by atoms with Gasteiger partial charge in [-0.15, -0.1) is 0 Å². The minimum Gasteiger partial charge on any atom is -0.490 e. The van der Waals surface area contributed by atoms with Crippen molar-refractivity contribution in [1.82, 2.24) is 0 Å². The van der Waals surface area contributed by atoms with Gasteiger partial charge in [-0.05, 0) is 72.6 Å². The summed E-state index contributed by atoms with van der Waals surface area (Å²) in [5.41, 5.74) is 4.42. The highest BCUT2D eigenvalue weighted by Gasteiger charge is 2.48. The molecule has 0 bridgehead atoms. The number of allylic oxidation sites excluding steroid dienone is 4. The van der Waals surface area contributed by atoms with Crippen LogP contribution in [0.3, 0.4) is 0 Å². The molecule has 0 saturated heterocycles. The van der Waals surface area contributed by atoms with Crippen LogP contribution in [0.1, 0.15) is 82.9 Å². The van der Waals surface area contributed by atoms with Gasteiger partial charge in [0, 0.05) is 48.4 Å². The molecule has 2 aliphatic carbocycles. The Kier molecular flexibility index (Phi) is 7.82. The van der Waals surface area contributed by atoms with Crippen LogP contribution in [-0.4, -0.2) is 30.7 Å². The lowest BCUT2D eigenvalue weighted by atomic mass is 9.65. The normalized spacial score (nSPS) is 19.6. The molecule has 5 rings (SSSR count). The second-order valence-corrected chi connectivity index (χ2v) is 13.4. The molecule has 0 unspecified atom stereocenters. The van der Waals surface area contributed by atoms with Crippen molar-refractivity contribution in [3.05, 3.63) is 75.8 Å². The summed E-state index contributed by atoms with van der Waals surface area (Å²) in [7, 11) is 0. The number of anilines is 1. The summed E-state index contributed by atoms with van der Waals surface area (Å²) in [4.78, 5) is 39.9. The van der Waals surface area contributed by atoms with Gasteiger partial charge in [-0.3, -0.25) is 14.4 Å². The van der Waals surface area contributed by atoms with Gasteiger partial charge in [0.2, 0.25) is 0 Å². The molecular weight excluding hydrogens is 530 g/mol. The van der Waals surface area contributed by atoms with E-state index in [9.17, 15) is 14.4 Å². The van der Waals surface area contributed by atoms with Gasteiger partial charge in [-0.25, -0.2) is 0 Å². The van der Waals surface area contributed by atoms with Crippen molar-refractivity contribution in [3.8, 4) is 11.5 Å². The van der Waals surface area contributed by atoms with E-state index in [2.05, 4.69) is 33.0 Å². The zero-order valence-corrected chi connectivity index (χ0v) is 25.7. The summed E-state index contributed by atoms with van der Waals surface area (Å²) < 4.78 is 18.3. The summed E-state index contributed by atoms with van der Waals surface area (Å²) in [5, 5.41) is 2.87. The van der Waals surface area contributed by atoms with Crippen molar-refractivity contribution < 1.29 is 28.6 Å². The summed E-state index contributed by atoms with van der Waals surface area (Å²) in [6.07, 6.45) is 2.04. The Morgan fingerprint density at radius 3 is 2.02 bits per heavy atom. The number of benzene rings is 2. The van der Waals surface area contributed by atoms with Crippen LogP contribution < -0.4 is 14.8 Å². The van der Waals surface area contributed by atoms with E-state index in [0.717, 1.165) is 16.7 Å². The van der Waals surface area contributed by atoms with E-state index in [1.165, 1.54) is 0 Å². The molecule has 1 heterocycles. The van der Waals surface area contributed by atoms with Gasteiger partial charge < -0.3 is 19.5 Å². The van der Waals surface area contributed by atoms with E-state index in [-0.39, 0.29) is 34.9 Å². The Balaban J connectivity index is 1.47. The molecule has 1 aliphatic heterocycles. The third kappa shape index (κ3) is 6.01. The molecule has 2 aromatic rings. The first-order valence-electron chi connectivity index (χ1n) is 14.7. The highest BCUT2D eigenvalue weighted by atomic mass is 16.5. The van der Waals surface area contributed by atoms with Gasteiger partial charge in [0.05, 0.1) is 6.61 Å². The summed E-state index contributed by atoms with van der Waals surface area (Å²) in [5.74, 6) is 1.42. The number of rotatable bonds is 7. The number of hydrogen-bond acceptors (Lipinski definition) is 6. The van der Waals surface area contributed by atoms with Gasteiger partial charge >= 0.3 is 0 Å².